The first-order valence-electron chi connectivity index (χ1n) is 10.1. The molecule has 1 aliphatic carbocycles. The third kappa shape index (κ3) is 5.73. The SMILES string of the molecule is O=C(CBr)CCC(NC(=O)CNC(=O)OCC1c2ccccc2-c2ccccc21)C(=O)O. The number of Topliss-reactive ketones (excluding diaryl/α,β-unsaturated/α-hetero) is 1. The van der Waals surface area contributed by atoms with Crippen LogP contribution in [-0.4, -0.2) is 53.4 Å². The monoisotopic (exact) mass is 502 g/mol. The molecule has 0 spiro atoms. The van der Waals surface area contributed by atoms with Crippen molar-refractivity contribution in [3.05, 3.63) is 59.7 Å². The van der Waals surface area contributed by atoms with Crippen molar-refractivity contribution in [2.45, 2.75) is 24.8 Å². The lowest BCUT2D eigenvalue weighted by Gasteiger charge is -2.16. The van der Waals surface area contributed by atoms with Gasteiger partial charge in [-0.15, -0.1) is 0 Å². The Morgan fingerprint density at radius 1 is 1.00 bits per heavy atom. The van der Waals surface area contributed by atoms with Gasteiger partial charge in [-0.25, -0.2) is 9.59 Å². The Kier molecular flexibility index (Phi) is 7.99. The number of ketones is 1. The molecule has 1 atom stereocenters. The molecule has 0 fully saturated rings. The third-order valence-electron chi connectivity index (χ3n) is 5.23. The predicted molar refractivity (Wildman–Crippen MR) is 121 cm³/mol. The number of benzene rings is 2. The van der Waals surface area contributed by atoms with E-state index in [1.165, 1.54) is 0 Å². The van der Waals surface area contributed by atoms with Crippen LogP contribution in [0.15, 0.2) is 48.5 Å². The van der Waals surface area contributed by atoms with E-state index in [9.17, 15) is 24.3 Å². The van der Waals surface area contributed by atoms with Crippen molar-refractivity contribution in [2.24, 2.45) is 0 Å². The number of fused-ring (bicyclic) bond motifs is 3. The molecular weight excluding hydrogens is 480 g/mol. The molecule has 168 valence electrons. The first kappa shape index (κ1) is 23.5. The highest BCUT2D eigenvalue weighted by atomic mass is 79.9. The number of alkyl halides is 1. The van der Waals surface area contributed by atoms with Crippen molar-refractivity contribution >= 4 is 39.7 Å². The van der Waals surface area contributed by atoms with Crippen LogP contribution in [0.3, 0.4) is 0 Å². The van der Waals surface area contributed by atoms with Gasteiger partial charge in [-0.1, -0.05) is 64.5 Å². The fourth-order valence-corrected chi connectivity index (χ4v) is 3.96. The molecule has 2 aromatic rings. The molecule has 9 heteroatoms. The predicted octanol–water partition coefficient (Wildman–Crippen LogP) is 2.84. The lowest BCUT2D eigenvalue weighted by molar-refractivity contribution is -0.142. The number of hydrogen-bond acceptors (Lipinski definition) is 5. The van der Waals surface area contributed by atoms with Crippen LogP contribution in [0.1, 0.15) is 29.9 Å². The van der Waals surface area contributed by atoms with E-state index in [0.717, 1.165) is 22.3 Å². The number of aliphatic carboxylic acids is 1. The van der Waals surface area contributed by atoms with Crippen LogP contribution in [0, 0.1) is 0 Å². The molecule has 3 rings (SSSR count). The summed E-state index contributed by atoms with van der Waals surface area (Å²) in [5.41, 5.74) is 4.35. The number of carboxylic acid groups (broad SMARTS) is 1. The standard InChI is InChI=1S/C23H23BrN2O6/c24-11-14(27)9-10-20(22(29)30)26-21(28)12-25-23(31)32-13-19-17-7-3-1-5-15(17)16-6-2-4-8-18(16)19/h1-8,19-20H,9-13H2,(H,25,31)(H,26,28)(H,29,30). The molecule has 0 heterocycles. The van der Waals surface area contributed by atoms with E-state index in [2.05, 4.69) is 26.6 Å². The number of halogens is 1. The molecule has 2 aromatic carbocycles. The maximum Gasteiger partial charge on any atom is 0.407 e. The van der Waals surface area contributed by atoms with Gasteiger partial charge in [0.25, 0.3) is 0 Å². The van der Waals surface area contributed by atoms with Crippen molar-refractivity contribution in [3.63, 3.8) is 0 Å². The first-order valence-corrected chi connectivity index (χ1v) is 11.2. The number of ether oxygens (including phenoxy) is 1. The lowest BCUT2D eigenvalue weighted by Crippen LogP contribution is -2.45. The van der Waals surface area contributed by atoms with Gasteiger partial charge in [0.1, 0.15) is 25.0 Å². The Hall–Kier alpha value is -3.20. The molecule has 0 aliphatic heterocycles. The number of carboxylic acids is 1. The second kappa shape index (κ2) is 10.9. The largest absolute Gasteiger partial charge is 0.480 e. The third-order valence-corrected chi connectivity index (χ3v) is 5.86. The van der Waals surface area contributed by atoms with Crippen molar-refractivity contribution < 1.29 is 29.0 Å². The number of carbonyl (C=O) groups is 4. The summed E-state index contributed by atoms with van der Waals surface area (Å²) in [6.45, 7) is -0.333. The van der Waals surface area contributed by atoms with Crippen LogP contribution in [-0.2, 0) is 19.1 Å². The molecule has 0 saturated heterocycles. The molecule has 2 amide bonds. The van der Waals surface area contributed by atoms with Gasteiger partial charge >= 0.3 is 12.1 Å². The highest BCUT2D eigenvalue weighted by molar-refractivity contribution is 9.09. The van der Waals surface area contributed by atoms with Gasteiger partial charge in [0.15, 0.2) is 0 Å². The van der Waals surface area contributed by atoms with Crippen molar-refractivity contribution in [1.29, 1.82) is 0 Å². The zero-order valence-electron chi connectivity index (χ0n) is 17.2. The topological polar surface area (TPSA) is 122 Å². The minimum Gasteiger partial charge on any atom is -0.480 e. The zero-order valence-corrected chi connectivity index (χ0v) is 18.8. The average molecular weight is 503 g/mol. The van der Waals surface area contributed by atoms with Gasteiger partial charge < -0.3 is 20.5 Å². The average Bonchev–Trinajstić information content (AvgIpc) is 3.12. The summed E-state index contributed by atoms with van der Waals surface area (Å²) in [7, 11) is 0. The Morgan fingerprint density at radius 2 is 1.59 bits per heavy atom. The van der Waals surface area contributed by atoms with Crippen molar-refractivity contribution in [3.8, 4) is 11.1 Å². The number of alkyl carbamates (subject to hydrolysis) is 1. The summed E-state index contributed by atoms with van der Waals surface area (Å²) in [5.74, 6) is -2.20. The van der Waals surface area contributed by atoms with Gasteiger partial charge in [0.05, 0.1) is 5.33 Å². The van der Waals surface area contributed by atoms with Gasteiger partial charge in [-0.05, 0) is 28.7 Å². The van der Waals surface area contributed by atoms with E-state index < -0.39 is 30.6 Å². The Labute approximate surface area is 193 Å². The van der Waals surface area contributed by atoms with E-state index in [-0.39, 0.29) is 36.5 Å². The molecule has 1 unspecified atom stereocenters. The van der Waals surface area contributed by atoms with Crippen LogP contribution < -0.4 is 10.6 Å². The van der Waals surface area contributed by atoms with Crippen molar-refractivity contribution in [1.82, 2.24) is 10.6 Å². The van der Waals surface area contributed by atoms with Crippen molar-refractivity contribution in [2.75, 3.05) is 18.5 Å². The molecule has 3 N–H and O–H groups in total. The minimum absolute atomic E-state index is 0.0162. The highest BCUT2D eigenvalue weighted by Gasteiger charge is 2.29. The molecule has 8 nitrogen and oxygen atoms in total. The van der Waals surface area contributed by atoms with Crippen LogP contribution in [0.25, 0.3) is 11.1 Å². The second-order valence-corrected chi connectivity index (χ2v) is 7.91. The summed E-state index contributed by atoms with van der Waals surface area (Å²) < 4.78 is 5.34. The van der Waals surface area contributed by atoms with Crippen LogP contribution in [0.4, 0.5) is 4.79 Å². The molecule has 0 radical (unpaired) electrons. The van der Waals surface area contributed by atoms with Gasteiger partial charge in [0, 0.05) is 12.3 Å². The van der Waals surface area contributed by atoms with E-state index in [1.54, 1.807) is 0 Å². The van der Waals surface area contributed by atoms with E-state index in [4.69, 9.17) is 4.74 Å². The number of rotatable bonds is 10. The van der Waals surface area contributed by atoms with Gasteiger partial charge in [-0.2, -0.15) is 0 Å². The second-order valence-electron chi connectivity index (χ2n) is 7.35. The normalized spacial score (nSPS) is 12.9. The van der Waals surface area contributed by atoms with Crippen LogP contribution in [0.2, 0.25) is 0 Å². The fraction of sp³-hybridized carbons (Fsp3) is 0.304. The molecule has 0 bridgehead atoms. The summed E-state index contributed by atoms with van der Waals surface area (Å²) in [6.07, 6.45) is -0.790. The fourth-order valence-electron chi connectivity index (χ4n) is 3.68. The number of nitrogens with one attached hydrogen (secondary N) is 2. The summed E-state index contributed by atoms with van der Waals surface area (Å²) in [6, 6.07) is 14.6. The Balaban J connectivity index is 1.50. The number of carbonyl (C=O) groups excluding carboxylic acids is 3. The lowest BCUT2D eigenvalue weighted by atomic mass is 9.98. The smallest absolute Gasteiger partial charge is 0.407 e. The molecule has 32 heavy (non-hydrogen) atoms. The maximum atomic E-state index is 12.1. The number of hydrogen-bond donors (Lipinski definition) is 3. The van der Waals surface area contributed by atoms with Crippen LogP contribution in [0.5, 0.6) is 0 Å². The molecule has 0 aromatic heterocycles. The molecular formula is C23H23BrN2O6. The summed E-state index contributed by atoms with van der Waals surface area (Å²) in [5, 5.41) is 14.0. The van der Waals surface area contributed by atoms with Crippen LogP contribution >= 0.6 is 15.9 Å². The minimum atomic E-state index is -1.25. The highest BCUT2D eigenvalue weighted by Crippen LogP contribution is 2.44. The zero-order chi connectivity index (χ0) is 23.1. The van der Waals surface area contributed by atoms with Gasteiger partial charge in [-0.3, -0.25) is 9.59 Å². The molecule has 1 aliphatic rings. The van der Waals surface area contributed by atoms with E-state index in [1.807, 2.05) is 48.5 Å². The first-order chi connectivity index (χ1) is 15.4. The summed E-state index contributed by atoms with van der Waals surface area (Å²) in [4.78, 5) is 46.8. The Morgan fingerprint density at radius 3 is 2.16 bits per heavy atom. The quantitative estimate of drug-likeness (QED) is 0.429. The van der Waals surface area contributed by atoms with Gasteiger partial charge in [0.2, 0.25) is 5.91 Å². The summed E-state index contributed by atoms with van der Waals surface area (Å²) >= 11 is 3.00. The number of amides is 2. The maximum absolute atomic E-state index is 12.1. The molecule has 0 saturated carbocycles. The van der Waals surface area contributed by atoms with E-state index >= 15 is 0 Å². The Bertz CT molecular complexity index is 980. The van der Waals surface area contributed by atoms with E-state index in [0.29, 0.717) is 0 Å².